The van der Waals surface area contributed by atoms with E-state index in [1.165, 1.54) is 24.3 Å². The second-order valence-corrected chi connectivity index (χ2v) is 10.0. The first-order chi connectivity index (χ1) is 20.3. The summed E-state index contributed by atoms with van der Waals surface area (Å²) in [5.74, 6) is 0.588. The van der Waals surface area contributed by atoms with Crippen molar-refractivity contribution in [3.63, 3.8) is 0 Å². The number of amides is 4. The molecule has 3 aromatic rings. The Labute approximate surface area is 242 Å². The van der Waals surface area contributed by atoms with Crippen molar-refractivity contribution in [3.05, 3.63) is 54.1 Å². The number of carbonyl (C=O) groups is 3. The molecule has 42 heavy (non-hydrogen) atoms. The average molecular weight is 576 g/mol. The lowest BCUT2D eigenvalue weighted by Crippen LogP contribution is -2.52. The van der Waals surface area contributed by atoms with Crippen molar-refractivity contribution in [3.8, 4) is 11.4 Å². The highest BCUT2D eigenvalue weighted by atomic mass is 16.5. The third kappa shape index (κ3) is 6.83. The van der Waals surface area contributed by atoms with Gasteiger partial charge in [-0.2, -0.15) is 15.0 Å². The van der Waals surface area contributed by atoms with Gasteiger partial charge in [0.2, 0.25) is 11.9 Å². The van der Waals surface area contributed by atoms with Crippen LogP contribution in [0, 0.1) is 0 Å². The van der Waals surface area contributed by atoms with Crippen LogP contribution in [0.15, 0.2) is 48.5 Å². The Morgan fingerprint density at radius 1 is 0.762 bits per heavy atom. The van der Waals surface area contributed by atoms with Gasteiger partial charge >= 0.3 is 18.0 Å². The Morgan fingerprint density at radius 3 is 1.81 bits per heavy atom. The number of aromatic carboxylic acids is 1. The van der Waals surface area contributed by atoms with Crippen LogP contribution in [-0.4, -0.2) is 114 Å². The molecular weight excluding hydrogens is 542 g/mol. The van der Waals surface area contributed by atoms with Crippen LogP contribution in [0.4, 0.5) is 32.9 Å². The monoisotopic (exact) mass is 575 g/mol. The van der Waals surface area contributed by atoms with Crippen molar-refractivity contribution in [2.75, 3.05) is 87.0 Å². The van der Waals surface area contributed by atoms with Crippen LogP contribution in [0.25, 0.3) is 11.4 Å². The minimum atomic E-state index is -1.03. The fraction of sp³-hybridized carbons (Fsp3) is 0.357. The zero-order valence-electron chi connectivity index (χ0n) is 23.5. The fourth-order valence-corrected chi connectivity index (χ4v) is 4.60. The molecule has 3 heterocycles. The van der Waals surface area contributed by atoms with Crippen LogP contribution in [0.3, 0.4) is 0 Å². The van der Waals surface area contributed by atoms with Gasteiger partial charge in [0.25, 0.3) is 0 Å². The van der Waals surface area contributed by atoms with Gasteiger partial charge in [-0.25, -0.2) is 14.4 Å². The second kappa shape index (κ2) is 12.7. The lowest BCUT2D eigenvalue weighted by atomic mass is 10.2. The maximum Gasteiger partial charge on any atom is 0.335 e. The number of nitrogens with zero attached hydrogens (tertiary/aromatic N) is 7. The molecule has 0 atom stereocenters. The van der Waals surface area contributed by atoms with E-state index in [-0.39, 0.29) is 11.6 Å². The summed E-state index contributed by atoms with van der Waals surface area (Å²) < 4.78 is 5.51. The molecule has 0 aliphatic carbocycles. The lowest BCUT2D eigenvalue weighted by molar-refractivity contribution is 0.0697. The van der Waals surface area contributed by atoms with E-state index in [4.69, 9.17) is 24.8 Å². The molecule has 5 rings (SSSR count). The highest BCUT2D eigenvalue weighted by molar-refractivity contribution is 6.00. The van der Waals surface area contributed by atoms with Gasteiger partial charge in [-0.05, 0) is 48.5 Å². The summed E-state index contributed by atoms with van der Waals surface area (Å²) in [5, 5.41) is 14.5. The predicted octanol–water partition coefficient (Wildman–Crippen LogP) is 2.52. The smallest absolute Gasteiger partial charge is 0.335 e. The quantitative estimate of drug-likeness (QED) is 0.399. The second-order valence-electron chi connectivity index (χ2n) is 10.0. The number of rotatable bonds is 6. The zero-order chi connectivity index (χ0) is 29.6. The van der Waals surface area contributed by atoms with Crippen molar-refractivity contribution in [1.82, 2.24) is 24.8 Å². The molecule has 2 fully saturated rings. The van der Waals surface area contributed by atoms with Crippen LogP contribution in [0.1, 0.15) is 10.4 Å². The van der Waals surface area contributed by atoms with Crippen LogP contribution >= 0.6 is 0 Å². The van der Waals surface area contributed by atoms with Crippen molar-refractivity contribution in [2.45, 2.75) is 0 Å². The maximum absolute atomic E-state index is 12.5. The minimum absolute atomic E-state index is 0.0153. The molecule has 0 saturated carbocycles. The standard InChI is InChI=1S/C28H33N9O5/c1-34(2)28(41)37-13-11-35(12-14-37)25-31-23(32-26(33-25)36-15-17-42-18-16-36)19-3-7-21(8-4-19)29-27(40)30-22-9-5-20(6-10-22)24(38)39/h3-10H,11-18H2,1-2H3,(H,38,39)(H2,29,30,40). The Bertz CT molecular complexity index is 1420. The average Bonchev–Trinajstić information content (AvgIpc) is 3.01. The van der Waals surface area contributed by atoms with Crippen LogP contribution in [0.2, 0.25) is 0 Å². The van der Waals surface area contributed by atoms with E-state index in [2.05, 4.69) is 20.4 Å². The first-order valence-electron chi connectivity index (χ1n) is 13.6. The number of ether oxygens (including phenoxy) is 1. The number of hydrogen-bond acceptors (Lipinski definition) is 9. The summed E-state index contributed by atoms with van der Waals surface area (Å²) in [6, 6.07) is 12.6. The molecule has 0 unspecified atom stereocenters. The first-order valence-corrected chi connectivity index (χ1v) is 13.6. The van der Waals surface area contributed by atoms with Gasteiger partial charge in [0, 0.05) is 70.3 Å². The summed E-state index contributed by atoms with van der Waals surface area (Å²) in [5.41, 5.74) is 1.92. The number of benzene rings is 2. The number of carbonyl (C=O) groups excluding carboxylic acids is 2. The van der Waals surface area contributed by atoms with Gasteiger partial charge in [-0.15, -0.1) is 0 Å². The molecule has 4 amide bonds. The van der Waals surface area contributed by atoms with Crippen LogP contribution < -0.4 is 20.4 Å². The van der Waals surface area contributed by atoms with Crippen LogP contribution in [-0.2, 0) is 4.74 Å². The number of hydrogen-bond donors (Lipinski definition) is 3. The molecule has 2 saturated heterocycles. The topological polar surface area (TPSA) is 156 Å². The number of morpholine rings is 1. The molecule has 14 heteroatoms. The summed E-state index contributed by atoms with van der Waals surface area (Å²) in [4.78, 5) is 57.8. The zero-order valence-corrected chi connectivity index (χ0v) is 23.5. The highest BCUT2D eigenvalue weighted by Crippen LogP contribution is 2.24. The van der Waals surface area contributed by atoms with E-state index < -0.39 is 12.0 Å². The molecule has 2 aliphatic rings. The highest BCUT2D eigenvalue weighted by Gasteiger charge is 2.26. The summed E-state index contributed by atoms with van der Waals surface area (Å²) in [7, 11) is 3.49. The van der Waals surface area contributed by atoms with Crippen molar-refractivity contribution in [1.29, 1.82) is 0 Å². The predicted molar refractivity (Wildman–Crippen MR) is 157 cm³/mol. The third-order valence-corrected chi connectivity index (χ3v) is 6.91. The van der Waals surface area contributed by atoms with Gasteiger partial charge < -0.3 is 40.1 Å². The maximum atomic E-state index is 12.5. The van der Waals surface area contributed by atoms with E-state index >= 15 is 0 Å². The van der Waals surface area contributed by atoms with E-state index in [9.17, 15) is 14.4 Å². The molecule has 2 aliphatic heterocycles. The normalized spacial score (nSPS) is 15.2. The van der Waals surface area contributed by atoms with E-state index in [1.54, 1.807) is 31.1 Å². The third-order valence-electron chi connectivity index (χ3n) is 6.91. The largest absolute Gasteiger partial charge is 0.478 e. The number of aromatic nitrogens is 3. The van der Waals surface area contributed by atoms with Gasteiger partial charge in [-0.1, -0.05) is 0 Å². The number of urea groups is 2. The number of nitrogens with one attached hydrogen (secondary N) is 2. The molecule has 14 nitrogen and oxygen atoms in total. The Hall–Kier alpha value is -4.98. The van der Waals surface area contributed by atoms with Gasteiger partial charge in [-0.3, -0.25) is 0 Å². The first kappa shape index (κ1) is 28.5. The van der Waals surface area contributed by atoms with Gasteiger partial charge in [0.1, 0.15) is 0 Å². The molecule has 3 N–H and O–H groups in total. The molecule has 220 valence electrons. The minimum Gasteiger partial charge on any atom is -0.478 e. The van der Waals surface area contributed by atoms with Crippen molar-refractivity contribution >= 4 is 41.3 Å². The van der Waals surface area contributed by atoms with E-state index in [0.29, 0.717) is 81.6 Å². The van der Waals surface area contributed by atoms with Crippen molar-refractivity contribution in [2.24, 2.45) is 0 Å². The Morgan fingerprint density at radius 2 is 1.29 bits per heavy atom. The molecule has 0 bridgehead atoms. The van der Waals surface area contributed by atoms with Gasteiger partial charge in [0.05, 0.1) is 18.8 Å². The molecule has 2 aromatic carbocycles. The summed E-state index contributed by atoms with van der Waals surface area (Å²) in [6.45, 7) is 4.86. The molecule has 1 aromatic heterocycles. The molecular formula is C28H33N9O5. The Balaban J connectivity index is 1.31. The van der Waals surface area contributed by atoms with E-state index in [0.717, 1.165) is 5.56 Å². The van der Waals surface area contributed by atoms with Crippen molar-refractivity contribution < 1.29 is 24.2 Å². The number of carboxylic acids is 1. The number of anilines is 4. The Kier molecular flexibility index (Phi) is 8.62. The summed E-state index contributed by atoms with van der Waals surface area (Å²) in [6.07, 6.45) is 0. The lowest BCUT2D eigenvalue weighted by Gasteiger charge is -2.36. The SMILES string of the molecule is CN(C)C(=O)N1CCN(c2nc(-c3ccc(NC(=O)Nc4ccc(C(=O)O)cc4)cc3)nc(N3CCOCC3)n2)CC1. The number of carboxylic acid groups (broad SMARTS) is 1. The molecule has 0 radical (unpaired) electrons. The van der Waals surface area contributed by atoms with E-state index in [1.807, 2.05) is 17.0 Å². The van der Waals surface area contributed by atoms with Crippen LogP contribution in [0.5, 0.6) is 0 Å². The fourth-order valence-electron chi connectivity index (χ4n) is 4.60. The van der Waals surface area contributed by atoms with Gasteiger partial charge in [0.15, 0.2) is 5.82 Å². The molecule has 0 spiro atoms. The summed E-state index contributed by atoms with van der Waals surface area (Å²) >= 11 is 0. The number of piperazine rings is 1.